The zero-order valence-electron chi connectivity index (χ0n) is 20.0. The van der Waals surface area contributed by atoms with Gasteiger partial charge >= 0.3 is 0 Å². The molecule has 2 aromatic rings. The molecule has 3 N–H and O–H groups in total. The summed E-state index contributed by atoms with van der Waals surface area (Å²) in [7, 11) is 5.44. The van der Waals surface area contributed by atoms with E-state index in [0.29, 0.717) is 42.5 Å². The van der Waals surface area contributed by atoms with Gasteiger partial charge in [0.2, 0.25) is 0 Å². The van der Waals surface area contributed by atoms with E-state index < -0.39 is 17.1 Å². The van der Waals surface area contributed by atoms with Crippen LogP contribution in [0.5, 0.6) is 0 Å². The highest BCUT2D eigenvalue weighted by Crippen LogP contribution is 2.57. The van der Waals surface area contributed by atoms with E-state index >= 15 is 4.39 Å². The molecule has 2 atom stereocenters. The molecule has 0 bridgehead atoms. The quantitative estimate of drug-likeness (QED) is 0.619. The number of nitriles is 1. The van der Waals surface area contributed by atoms with E-state index in [-0.39, 0.29) is 22.2 Å². The Morgan fingerprint density at radius 3 is 2.68 bits per heavy atom. The Labute approximate surface area is 204 Å². The monoisotopic (exact) mass is 484 g/mol. The number of rotatable bonds is 5. The van der Waals surface area contributed by atoms with E-state index in [0.717, 1.165) is 18.4 Å². The van der Waals surface area contributed by atoms with Crippen LogP contribution < -0.4 is 11.1 Å². The number of aromatic nitrogens is 1. The van der Waals surface area contributed by atoms with Gasteiger partial charge < -0.3 is 20.9 Å². The number of likely N-dealkylation sites (N-methyl/N-ethyl adjacent to an activating group) is 2. The molecule has 1 fully saturated rings. The van der Waals surface area contributed by atoms with Crippen LogP contribution in [0.3, 0.4) is 0 Å². The van der Waals surface area contributed by atoms with Crippen LogP contribution in [0.15, 0.2) is 18.3 Å². The molecule has 34 heavy (non-hydrogen) atoms. The van der Waals surface area contributed by atoms with Crippen molar-refractivity contribution in [3.05, 3.63) is 40.3 Å². The average molecular weight is 485 g/mol. The molecule has 2 aliphatic rings. The van der Waals surface area contributed by atoms with Crippen molar-refractivity contribution in [2.75, 3.05) is 51.8 Å². The molecule has 1 aliphatic carbocycles. The molecule has 1 aromatic carbocycles. The predicted molar refractivity (Wildman–Crippen MR) is 132 cm³/mol. The Morgan fingerprint density at radius 2 is 2.03 bits per heavy atom. The smallest absolute Gasteiger partial charge is 0.258 e. The minimum absolute atomic E-state index is 0.0758. The second-order valence-electron chi connectivity index (χ2n) is 10.1. The third kappa shape index (κ3) is 3.97. The van der Waals surface area contributed by atoms with Gasteiger partial charge in [0.1, 0.15) is 11.6 Å². The zero-order valence-corrected chi connectivity index (χ0v) is 20.8. The number of carbonyl (C=O) groups is 1. The molecule has 7 nitrogen and oxygen atoms in total. The summed E-state index contributed by atoms with van der Waals surface area (Å²) in [5.41, 5.74) is 6.62. The lowest BCUT2D eigenvalue weighted by Gasteiger charge is -2.26. The summed E-state index contributed by atoms with van der Waals surface area (Å²) < 4.78 is 15.8. The number of benzene rings is 1. The highest BCUT2D eigenvalue weighted by atomic mass is 35.5. The lowest BCUT2D eigenvalue weighted by Crippen LogP contribution is -2.34. The molecule has 1 aromatic heterocycles. The van der Waals surface area contributed by atoms with Gasteiger partial charge in [0.15, 0.2) is 0 Å². The second-order valence-corrected chi connectivity index (χ2v) is 10.5. The van der Waals surface area contributed by atoms with Crippen molar-refractivity contribution >= 4 is 29.0 Å². The number of nitrogens with two attached hydrogens (primary N) is 1. The first-order valence-electron chi connectivity index (χ1n) is 11.3. The predicted octanol–water partition coefficient (Wildman–Crippen LogP) is 4.13. The van der Waals surface area contributed by atoms with Crippen molar-refractivity contribution in [2.24, 2.45) is 5.41 Å². The average Bonchev–Trinajstić information content (AvgIpc) is 3.33. The number of pyridine rings is 1. The molecule has 1 spiro atoms. The Hall–Kier alpha value is -2.89. The van der Waals surface area contributed by atoms with Gasteiger partial charge in [0, 0.05) is 60.7 Å². The fourth-order valence-corrected chi connectivity index (χ4v) is 5.63. The molecule has 0 unspecified atom stereocenters. The largest absolute Gasteiger partial charge is 0.398 e. The van der Waals surface area contributed by atoms with Crippen LogP contribution in [0, 0.1) is 22.6 Å². The summed E-state index contributed by atoms with van der Waals surface area (Å²) in [6, 6.07) is 5.52. The molecule has 1 aliphatic heterocycles. The number of anilines is 2. The fraction of sp³-hybridized carbons (Fsp3) is 0.480. The van der Waals surface area contributed by atoms with Gasteiger partial charge in [-0.25, -0.2) is 9.37 Å². The van der Waals surface area contributed by atoms with Crippen LogP contribution in [0.25, 0.3) is 11.1 Å². The lowest BCUT2D eigenvalue weighted by molar-refractivity contribution is 0.0783. The number of nitrogen functional groups attached to an aromatic ring is 1. The number of fused-ring (bicyclic) bond motifs is 2. The van der Waals surface area contributed by atoms with Crippen molar-refractivity contribution in [3.63, 3.8) is 0 Å². The summed E-state index contributed by atoms with van der Waals surface area (Å²) in [5, 5.41) is 13.4. The number of halogens is 2. The minimum atomic E-state index is -0.710. The SMILES string of the molecule is CN(C)CCN(C)C(=O)c1c(N)ccc(-c2cnc3c(c2Cl)[C@]2(CC[C@](C)(C#N)C2)CN3)c1F. The van der Waals surface area contributed by atoms with E-state index in [1.54, 1.807) is 13.1 Å². The van der Waals surface area contributed by atoms with Crippen LogP contribution in [0.2, 0.25) is 5.02 Å². The van der Waals surface area contributed by atoms with Gasteiger partial charge in [0.25, 0.3) is 5.91 Å². The first kappa shape index (κ1) is 24.2. The summed E-state index contributed by atoms with van der Waals surface area (Å²) in [5.74, 6) is -0.521. The molecular weight excluding hydrogens is 455 g/mol. The van der Waals surface area contributed by atoms with Gasteiger partial charge in [-0.3, -0.25) is 4.79 Å². The fourth-order valence-electron chi connectivity index (χ4n) is 5.19. The maximum Gasteiger partial charge on any atom is 0.258 e. The van der Waals surface area contributed by atoms with Crippen molar-refractivity contribution < 1.29 is 9.18 Å². The molecule has 0 radical (unpaired) electrons. The molecule has 9 heteroatoms. The highest BCUT2D eigenvalue weighted by Gasteiger charge is 2.52. The molecule has 4 rings (SSSR count). The van der Waals surface area contributed by atoms with Crippen LogP contribution >= 0.6 is 11.6 Å². The highest BCUT2D eigenvalue weighted by molar-refractivity contribution is 6.34. The normalized spacial score (nSPS) is 23.1. The van der Waals surface area contributed by atoms with E-state index in [1.165, 1.54) is 17.2 Å². The van der Waals surface area contributed by atoms with Gasteiger partial charge in [-0.05, 0) is 52.4 Å². The number of amides is 1. The first-order chi connectivity index (χ1) is 16.0. The zero-order chi connectivity index (χ0) is 24.8. The molecular formula is C25H30ClFN6O. The van der Waals surface area contributed by atoms with Gasteiger partial charge in [-0.1, -0.05) is 11.6 Å². The number of carbonyl (C=O) groups excluding carboxylic acids is 1. The summed E-state index contributed by atoms with van der Waals surface area (Å²) in [6.45, 7) is 3.68. The number of hydrogen-bond acceptors (Lipinski definition) is 6. The van der Waals surface area contributed by atoms with E-state index in [9.17, 15) is 10.1 Å². The maximum absolute atomic E-state index is 15.8. The summed E-state index contributed by atoms with van der Waals surface area (Å²) in [6.07, 6.45) is 3.75. The second kappa shape index (κ2) is 8.71. The van der Waals surface area contributed by atoms with Gasteiger partial charge in [-0.2, -0.15) is 5.26 Å². The van der Waals surface area contributed by atoms with Crippen LogP contribution in [0.4, 0.5) is 15.9 Å². The van der Waals surface area contributed by atoms with Gasteiger partial charge in [-0.15, -0.1) is 0 Å². The van der Waals surface area contributed by atoms with Crippen LogP contribution in [-0.2, 0) is 5.41 Å². The Morgan fingerprint density at radius 1 is 1.29 bits per heavy atom. The lowest BCUT2D eigenvalue weighted by atomic mass is 9.77. The minimum Gasteiger partial charge on any atom is -0.398 e. The Kier molecular flexibility index (Phi) is 6.21. The molecule has 1 saturated carbocycles. The molecule has 2 heterocycles. The maximum atomic E-state index is 15.8. The van der Waals surface area contributed by atoms with E-state index in [4.69, 9.17) is 17.3 Å². The Balaban J connectivity index is 1.76. The third-order valence-corrected chi connectivity index (χ3v) is 7.59. The third-order valence-electron chi connectivity index (χ3n) is 7.20. The van der Waals surface area contributed by atoms with E-state index in [2.05, 4.69) is 16.4 Å². The van der Waals surface area contributed by atoms with Crippen molar-refractivity contribution in [2.45, 2.75) is 31.6 Å². The summed E-state index contributed by atoms with van der Waals surface area (Å²) in [4.78, 5) is 21.0. The molecule has 180 valence electrons. The van der Waals surface area contributed by atoms with Crippen molar-refractivity contribution in [3.8, 4) is 17.2 Å². The Bertz CT molecular complexity index is 1190. The van der Waals surface area contributed by atoms with E-state index in [1.807, 2.05) is 25.9 Å². The van der Waals surface area contributed by atoms with Crippen LogP contribution in [-0.4, -0.2) is 61.5 Å². The van der Waals surface area contributed by atoms with Crippen molar-refractivity contribution in [1.82, 2.24) is 14.8 Å². The first-order valence-corrected chi connectivity index (χ1v) is 11.7. The summed E-state index contributed by atoms with van der Waals surface area (Å²) >= 11 is 6.92. The van der Waals surface area contributed by atoms with Gasteiger partial charge in [0.05, 0.1) is 22.1 Å². The van der Waals surface area contributed by atoms with Crippen molar-refractivity contribution in [1.29, 1.82) is 5.26 Å². The number of nitrogens with zero attached hydrogens (tertiary/aromatic N) is 4. The number of hydrogen-bond donors (Lipinski definition) is 2. The standard InChI is InChI=1S/C25H30ClFN6O/c1-24(13-28)7-8-25(12-24)14-31-22-19(25)20(26)16(11-30-22)15-5-6-17(29)18(21(15)27)23(34)33(4)10-9-32(2)3/h5-6,11H,7-10,12,14,29H2,1-4H3,(H,30,31)/t24-,25-/m0/s1. The number of nitrogens with one attached hydrogen (secondary N) is 1. The molecule has 0 saturated heterocycles. The topological polar surface area (TPSA) is 98.3 Å². The van der Waals surface area contributed by atoms with Crippen LogP contribution in [0.1, 0.15) is 42.1 Å². The molecule has 1 amide bonds.